The number of amides is 1. The Hall–Kier alpha value is -2.48. The topological polar surface area (TPSA) is 80.4 Å². The van der Waals surface area contributed by atoms with Gasteiger partial charge in [0.15, 0.2) is 16.7 Å². The number of amidine groups is 1. The molecule has 1 aromatic carbocycles. The van der Waals surface area contributed by atoms with E-state index in [2.05, 4.69) is 10.3 Å². The van der Waals surface area contributed by atoms with Crippen molar-refractivity contribution < 1.29 is 13.6 Å². The SMILES string of the molecule is NC1=N[C@@]2(c3cc(NC(=O)c4ncccc4F)ccc3F)CCCCC[C@H]2CS1. The second kappa shape index (κ2) is 8.10. The fourth-order valence-corrected chi connectivity index (χ4v) is 5.32. The standard InChI is InChI=1S/C21H22F2N4OS/c22-16-8-7-14(26-19(28)18-17(23)6-4-10-25-18)11-15(16)21-9-3-1-2-5-13(21)12-29-20(24)27-21/h4,6-8,10-11,13H,1-3,5,9,12H2,(H2,24,27)(H,26,28)/t13-,21-/m0/s1. The molecule has 152 valence electrons. The summed E-state index contributed by atoms with van der Waals surface area (Å²) in [4.78, 5) is 21.0. The number of nitrogens with two attached hydrogens (primary N) is 1. The van der Waals surface area contributed by atoms with Crippen LogP contribution >= 0.6 is 11.8 Å². The van der Waals surface area contributed by atoms with E-state index in [0.29, 0.717) is 22.8 Å². The van der Waals surface area contributed by atoms with Crippen LogP contribution < -0.4 is 11.1 Å². The van der Waals surface area contributed by atoms with Crippen molar-refractivity contribution >= 4 is 28.5 Å². The molecule has 2 heterocycles. The van der Waals surface area contributed by atoms with Gasteiger partial charge in [-0.05, 0) is 49.1 Å². The van der Waals surface area contributed by atoms with Crippen LogP contribution in [0.2, 0.25) is 0 Å². The number of aromatic nitrogens is 1. The zero-order valence-electron chi connectivity index (χ0n) is 15.8. The maximum absolute atomic E-state index is 15.0. The lowest BCUT2D eigenvalue weighted by molar-refractivity contribution is 0.101. The zero-order chi connectivity index (χ0) is 20.4. The number of hydrogen-bond acceptors (Lipinski definition) is 5. The molecular formula is C21H22F2N4OS. The van der Waals surface area contributed by atoms with Crippen molar-refractivity contribution in [1.82, 2.24) is 4.98 Å². The third kappa shape index (κ3) is 3.85. The van der Waals surface area contributed by atoms with Crippen molar-refractivity contribution in [2.75, 3.05) is 11.1 Å². The highest BCUT2D eigenvalue weighted by Gasteiger charge is 2.45. The predicted octanol–water partition coefficient (Wildman–Crippen LogP) is 4.45. The third-order valence-corrected chi connectivity index (χ3v) is 6.65. The van der Waals surface area contributed by atoms with Crippen LogP contribution in [0.25, 0.3) is 0 Å². The summed E-state index contributed by atoms with van der Waals surface area (Å²) in [5, 5.41) is 3.10. The zero-order valence-corrected chi connectivity index (χ0v) is 16.6. The third-order valence-electron chi connectivity index (χ3n) is 5.69. The molecule has 2 atom stereocenters. The molecule has 1 amide bonds. The number of thioether (sulfide) groups is 1. The van der Waals surface area contributed by atoms with Gasteiger partial charge in [-0.2, -0.15) is 0 Å². The molecule has 2 aliphatic rings. The second-order valence-electron chi connectivity index (χ2n) is 7.46. The number of nitrogens with zero attached hydrogens (tertiary/aromatic N) is 2. The summed E-state index contributed by atoms with van der Waals surface area (Å²) in [5.41, 5.74) is 5.83. The van der Waals surface area contributed by atoms with Gasteiger partial charge in [-0.1, -0.05) is 31.0 Å². The number of pyridine rings is 1. The number of carbonyl (C=O) groups is 1. The fourth-order valence-electron chi connectivity index (χ4n) is 4.28. The van der Waals surface area contributed by atoms with Crippen LogP contribution in [0.15, 0.2) is 41.5 Å². The Balaban J connectivity index is 1.72. The average molecular weight is 416 g/mol. The lowest BCUT2D eigenvalue weighted by atomic mass is 9.75. The summed E-state index contributed by atoms with van der Waals surface area (Å²) < 4.78 is 28.9. The first-order valence-electron chi connectivity index (χ1n) is 9.69. The van der Waals surface area contributed by atoms with Crippen molar-refractivity contribution in [2.24, 2.45) is 16.6 Å². The van der Waals surface area contributed by atoms with Crippen molar-refractivity contribution in [3.8, 4) is 0 Å². The number of benzene rings is 1. The highest BCUT2D eigenvalue weighted by atomic mass is 32.2. The molecule has 1 aliphatic heterocycles. The number of aliphatic imine (C=N–C) groups is 1. The summed E-state index contributed by atoms with van der Waals surface area (Å²) in [6.45, 7) is 0. The largest absolute Gasteiger partial charge is 0.379 e. The molecular weight excluding hydrogens is 394 g/mol. The van der Waals surface area contributed by atoms with Gasteiger partial charge in [0.2, 0.25) is 0 Å². The number of carbonyl (C=O) groups excluding carboxylic acids is 1. The quantitative estimate of drug-likeness (QED) is 0.775. The van der Waals surface area contributed by atoms with Crippen LogP contribution in [0.3, 0.4) is 0 Å². The molecule has 3 N–H and O–H groups in total. The number of hydrogen-bond donors (Lipinski definition) is 2. The van der Waals surface area contributed by atoms with E-state index in [-0.39, 0.29) is 17.4 Å². The summed E-state index contributed by atoms with van der Waals surface area (Å²) in [5.74, 6) is -0.794. The van der Waals surface area contributed by atoms with Crippen LogP contribution in [-0.4, -0.2) is 21.8 Å². The molecule has 4 rings (SSSR count). The van der Waals surface area contributed by atoms with E-state index >= 15 is 4.39 Å². The van der Waals surface area contributed by atoms with E-state index in [1.165, 1.54) is 42.2 Å². The van der Waals surface area contributed by atoms with Gasteiger partial charge in [-0.15, -0.1) is 0 Å². The molecule has 0 bridgehead atoms. The minimum absolute atomic E-state index is 0.177. The molecule has 29 heavy (non-hydrogen) atoms. The molecule has 1 aliphatic carbocycles. The number of anilines is 1. The first-order chi connectivity index (χ1) is 14.0. The molecule has 0 unspecified atom stereocenters. The molecule has 5 nitrogen and oxygen atoms in total. The minimum atomic E-state index is -0.729. The Bertz CT molecular complexity index is 967. The summed E-state index contributed by atoms with van der Waals surface area (Å²) in [7, 11) is 0. The first-order valence-corrected chi connectivity index (χ1v) is 10.7. The monoisotopic (exact) mass is 416 g/mol. The van der Waals surface area contributed by atoms with E-state index in [1.807, 2.05) is 0 Å². The van der Waals surface area contributed by atoms with Crippen LogP contribution in [0, 0.1) is 17.6 Å². The summed E-state index contributed by atoms with van der Waals surface area (Å²) in [6, 6.07) is 6.98. The Morgan fingerprint density at radius 2 is 2.07 bits per heavy atom. The number of fused-ring (bicyclic) bond motifs is 1. The van der Waals surface area contributed by atoms with Gasteiger partial charge in [0.05, 0.1) is 5.54 Å². The van der Waals surface area contributed by atoms with Gasteiger partial charge in [-0.3, -0.25) is 9.79 Å². The Labute approximate surface area is 172 Å². The average Bonchev–Trinajstić information content (AvgIpc) is 2.92. The van der Waals surface area contributed by atoms with Crippen molar-refractivity contribution in [3.63, 3.8) is 0 Å². The Kier molecular flexibility index (Phi) is 5.54. The fraction of sp³-hybridized carbons (Fsp3) is 0.381. The number of halogens is 2. The van der Waals surface area contributed by atoms with Crippen molar-refractivity contribution in [2.45, 2.75) is 37.6 Å². The Morgan fingerprint density at radius 1 is 1.21 bits per heavy atom. The van der Waals surface area contributed by atoms with Gasteiger partial charge in [-0.25, -0.2) is 13.8 Å². The van der Waals surface area contributed by atoms with Gasteiger partial charge in [0, 0.05) is 23.2 Å². The second-order valence-corrected chi connectivity index (χ2v) is 8.50. The highest BCUT2D eigenvalue weighted by molar-refractivity contribution is 8.13. The van der Waals surface area contributed by atoms with E-state index < -0.39 is 17.3 Å². The van der Waals surface area contributed by atoms with E-state index in [0.717, 1.165) is 31.4 Å². The van der Waals surface area contributed by atoms with Crippen LogP contribution in [0.5, 0.6) is 0 Å². The predicted molar refractivity (Wildman–Crippen MR) is 111 cm³/mol. The van der Waals surface area contributed by atoms with Crippen molar-refractivity contribution in [1.29, 1.82) is 0 Å². The molecule has 1 aromatic heterocycles. The smallest absolute Gasteiger partial charge is 0.277 e. The Morgan fingerprint density at radius 3 is 2.90 bits per heavy atom. The lowest BCUT2D eigenvalue weighted by Crippen LogP contribution is -2.40. The van der Waals surface area contributed by atoms with Gasteiger partial charge < -0.3 is 11.1 Å². The summed E-state index contributed by atoms with van der Waals surface area (Å²) >= 11 is 1.51. The normalized spacial score (nSPS) is 24.2. The number of nitrogens with one attached hydrogen (secondary N) is 1. The van der Waals surface area contributed by atoms with Crippen LogP contribution in [-0.2, 0) is 5.54 Å². The minimum Gasteiger partial charge on any atom is -0.379 e. The number of rotatable bonds is 3. The van der Waals surface area contributed by atoms with E-state index in [4.69, 9.17) is 10.7 Å². The van der Waals surface area contributed by atoms with Gasteiger partial charge >= 0.3 is 0 Å². The highest BCUT2D eigenvalue weighted by Crippen LogP contribution is 2.49. The van der Waals surface area contributed by atoms with Gasteiger partial charge in [0.25, 0.3) is 5.91 Å². The van der Waals surface area contributed by atoms with Gasteiger partial charge in [0.1, 0.15) is 5.82 Å². The molecule has 1 fully saturated rings. The summed E-state index contributed by atoms with van der Waals surface area (Å²) in [6.07, 6.45) is 6.11. The van der Waals surface area contributed by atoms with Crippen LogP contribution in [0.4, 0.5) is 14.5 Å². The molecule has 0 spiro atoms. The molecule has 0 radical (unpaired) electrons. The maximum atomic E-state index is 15.0. The van der Waals surface area contributed by atoms with Crippen molar-refractivity contribution in [3.05, 3.63) is 59.4 Å². The van der Waals surface area contributed by atoms with E-state index in [1.54, 1.807) is 6.07 Å². The molecule has 8 heteroatoms. The molecule has 1 saturated carbocycles. The van der Waals surface area contributed by atoms with Crippen LogP contribution in [0.1, 0.15) is 48.2 Å². The lowest BCUT2D eigenvalue weighted by Gasteiger charge is -2.40. The maximum Gasteiger partial charge on any atom is 0.277 e. The van der Waals surface area contributed by atoms with E-state index in [9.17, 15) is 9.18 Å². The molecule has 0 saturated heterocycles. The first kappa shape index (κ1) is 19.8. The molecule has 2 aromatic rings.